The molecule has 0 spiro atoms. The molecule has 102 valence electrons. The molecule has 2 aromatic rings. The molecule has 0 bridgehead atoms. The summed E-state index contributed by atoms with van der Waals surface area (Å²) in [5.74, 6) is -0.0800. The van der Waals surface area contributed by atoms with Gasteiger partial charge in [-0.3, -0.25) is 4.79 Å². The number of benzene rings is 1. The third-order valence-corrected chi connectivity index (χ3v) is 2.69. The van der Waals surface area contributed by atoms with Gasteiger partial charge in [0, 0.05) is 18.3 Å². The van der Waals surface area contributed by atoms with Crippen molar-refractivity contribution in [2.24, 2.45) is 0 Å². The van der Waals surface area contributed by atoms with Gasteiger partial charge in [-0.2, -0.15) is 4.98 Å². The molecule has 4 N–H and O–H groups in total. The second-order valence-corrected chi connectivity index (χ2v) is 4.40. The summed E-state index contributed by atoms with van der Waals surface area (Å²) in [5, 5.41) is 5.73. The van der Waals surface area contributed by atoms with Crippen molar-refractivity contribution in [3.8, 4) is 0 Å². The van der Waals surface area contributed by atoms with Gasteiger partial charge in [0.25, 0.3) is 6.01 Å². The third kappa shape index (κ3) is 3.15. The molecular weight excluding hydrogens is 244 g/mol. The van der Waals surface area contributed by atoms with E-state index in [-0.39, 0.29) is 5.91 Å². The molecule has 0 radical (unpaired) electrons. The Balaban J connectivity index is 2.06. The average Bonchev–Trinajstić information content (AvgIpc) is 2.77. The van der Waals surface area contributed by atoms with Crippen molar-refractivity contribution in [3.05, 3.63) is 18.2 Å². The summed E-state index contributed by atoms with van der Waals surface area (Å²) in [5.41, 5.74) is 7.59. The molecule has 0 saturated carbocycles. The van der Waals surface area contributed by atoms with E-state index < -0.39 is 6.04 Å². The number of hydrogen-bond donors (Lipinski definition) is 3. The highest BCUT2D eigenvalue weighted by Crippen LogP contribution is 2.21. The van der Waals surface area contributed by atoms with E-state index in [2.05, 4.69) is 15.6 Å². The predicted molar refractivity (Wildman–Crippen MR) is 74.8 cm³/mol. The number of amides is 1. The minimum absolute atomic E-state index is 0.0800. The van der Waals surface area contributed by atoms with Crippen molar-refractivity contribution in [1.82, 2.24) is 10.3 Å². The van der Waals surface area contributed by atoms with Gasteiger partial charge in [0.2, 0.25) is 5.91 Å². The van der Waals surface area contributed by atoms with E-state index >= 15 is 0 Å². The molecule has 1 aromatic heterocycles. The lowest BCUT2D eigenvalue weighted by molar-refractivity contribution is -0.121. The van der Waals surface area contributed by atoms with Crippen LogP contribution in [-0.4, -0.2) is 23.5 Å². The van der Waals surface area contributed by atoms with Crippen molar-refractivity contribution in [2.45, 2.75) is 26.3 Å². The number of nitrogens with zero attached hydrogens (tertiary/aromatic N) is 1. The number of carbonyl (C=O) groups is 1. The fraction of sp³-hybridized carbons (Fsp3) is 0.385. The molecule has 0 aliphatic heterocycles. The smallest absolute Gasteiger partial charge is 0.296 e. The quantitative estimate of drug-likeness (QED) is 0.714. The molecule has 19 heavy (non-hydrogen) atoms. The van der Waals surface area contributed by atoms with Crippen LogP contribution in [0.2, 0.25) is 0 Å². The molecule has 1 amide bonds. The molecule has 1 atom stereocenters. The van der Waals surface area contributed by atoms with Crippen LogP contribution >= 0.6 is 0 Å². The standard InChI is InChI=1S/C13H18N4O2/c1-3-6-15-12(18)8(2)16-13-17-10-5-4-9(14)7-11(10)19-13/h4-5,7-8H,3,6,14H2,1-2H3,(H,15,18)(H,16,17). The average molecular weight is 262 g/mol. The van der Waals surface area contributed by atoms with Gasteiger partial charge < -0.3 is 20.8 Å². The third-order valence-electron chi connectivity index (χ3n) is 2.69. The van der Waals surface area contributed by atoms with E-state index in [1.165, 1.54) is 0 Å². The molecule has 1 aromatic carbocycles. The maximum atomic E-state index is 11.7. The van der Waals surface area contributed by atoms with Crippen LogP contribution in [0.4, 0.5) is 11.7 Å². The summed E-state index contributed by atoms with van der Waals surface area (Å²) in [7, 11) is 0. The minimum atomic E-state index is -0.406. The Hall–Kier alpha value is -2.24. The van der Waals surface area contributed by atoms with Gasteiger partial charge in [-0.05, 0) is 25.5 Å². The summed E-state index contributed by atoms with van der Waals surface area (Å²) in [6, 6.07) is 5.15. The van der Waals surface area contributed by atoms with Crippen molar-refractivity contribution in [3.63, 3.8) is 0 Å². The Morgan fingerprint density at radius 2 is 2.32 bits per heavy atom. The normalized spacial score (nSPS) is 12.3. The van der Waals surface area contributed by atoms with E-state index in [0.717, 1.165) is 6.42 Å². The topological polar surface area (TPSA) is 93.2 Å². The van der Waals surface area contributed by atoms with Crippen LogP contribution in [0.5, 0.6) is 0 Å². The molecule has 0 saturated heterocycles. The number of rotatable bonds is 5. The fourth-order valence-corrected chi connectivity index (χ4v) is 1.65. The molecule has 0 aliphatic rings. The fourth-order valence-electron chi connectivity index (χ4n) is 1.65. The monoisotopic (exact) mass is 262 g/mol. The van der Waals surface area contributed by atoms with Crippen molar-refractivity contribution in [2.75, 3.05) is 17.6 Å². The number of anilines is 2. The van der Waals surface area contributed by atoms with Crippen molar-refractivity contribution >= 4 is 28.7 Å². The minimum Gasteiger partial charge on any atom is -0.423 e. The first kappa shape index (κ1) is 13.2. The molecule has 0 aliphatic carbocycles. The first-order valence-corrected chi connectivity index (χ1v) is 6.30. The van der Waals surface area contributed by atoms with Crippen LogP contribution in [-0.2, 0) is 4.79 Å². The number of hydrogen-bond acceptors (Lipinski definition) is 5. The number of oxazole rings is 1. The van der Waals surface area contributed by atoms with Crippen LogP contribution in [0.25, 0.3) is 11.1 Å². The van der Waals surface area contributed by atoms with Crippen molar-refractivity contribution in [1.29, 1.82) is 0 Å². The number of fused-ring (bicyclic) bond motifs is 1. The lowest BCUT2D eigenvalue weighted by Gasteiger charge is -2.11. The molecule has 1 unspecified atom stereocenters. The van der Waals surface area contributed by atoms with Gasteiger partial charge >= 0.3 is 0 Å². The lowest BCUT2D eigenvalue weighted by Crippen LogP contribution is -2.37. The highest BCUT2D eigenvalue weighted by Gasteiger charge is 2.15. The summed E-state index contributed by atoms with van der Waals surface area (Å²) in [6.07, 6.45) is 0.903. The second-order valence-electron chi connectivity index (χ2n) is 4.40. The van der Waals surface area contributed by atoms with E-state index in [9.17, 15) is 4.79 Å². The number of nitrogen functional groups attached to an aromatic ring is 1. The summed E-state index contributed by atoms with van der Waals surface area (Å²) >= 11 is 0. The number of aromatic nitrogens is 1. The number of nitrogens with two attached hydrogens (primary N) is 1. The Morgan fingerprint density at radius 1 is 1.53 bits per heavy atom. The second kappa shape index (κ2) is 5.60. The Labute approximate surface area is 111 Å². The first-order chi connectivity index (χ1) is 9.10. The maximum absolute atomic E-state index is 11.7. The lowest BCUT2D eigenvalue weighted by atomic mass is 10.3. The van der Waals surface area contributed by atoms with Gasteiger partial charge in [0.1, 0.15) is 11.6 Å². The Kier molecular flexibility index (Phi) is 3.89. The molecule has 0 fully saturated rings. The summed E-state index contributed by atoms with van der Waals surface area (Å²) < 4.78 is 5.49. The molecule has 2 rings (SSSR count). The van der Waals surface area contributed by atoms with E-state index in [1.54, 1.807) is 25.1 Å². The predicted octanol–water partition coefficient (Wildman–Crippen LogP) is 1.74. The van der Waals surface area contributed by atoms with Gasteiger partial charge in [-0.15, -0.1) is 0 Å². The SMILES string of the molecule is CCCNC(=O)C(C)Nc1nc2ccc(N)cc2o1. The van der Waals surface area contributed by atoms with Gasteiger partial charge in [-0.1, -0.05) is 6.92 Å². The molecule has 1 heterocycles. The van der Waals surface area contributed by atoms with Crippen LogP contribution in [0.3, 0.4) is 0 Å². The Morgan fingerprint density at radius 3 is 3.05 bits per heavy atom. The van der Waals surface area contributed by atoms with Crippen molar-refractivity contribution < 1.29 is 9.21 Å². The number of carbonyl (C=O) groups excluding carboxylic acids is 1. The highest BCUT2D eigenvalue weighted by molar-refractivity contribution is 5.84. The zero-order valence-electron chi connectivity index (χ0n) is 11.1. The van der Waals surface area contributed by atoms with Crippen LogP contribution in [0.1, 0.15) is 20.3 Å². The summed E-state index contributed by atoms with van der Waals surface area (Å²) in [4.78, 5) is 16.0. The van der Waals surface area contributed by atoms with E-state index in [4.69, 9.17) is 10.2 Å². The van der Waals surface area contributed by atoms with Crippen LogP contribution < -0.4 is 16.4 Å². The largest absolute Gasteiger partial charge is 0.423 e. The zero-order chi connectivity index (χ0) is 13.8. The zero-order valence-corrected chi connectivity index (χ0v) is 11.1. The van der Waals surface area contributed by atoms with Gasteiger partial charge in [-0.25, -0.2) is 0 Å². The Bertz CT molecular complexity index is 579. The van der Waals surface area contributed by atoms with Crippen LogP contribution in [0.15, 0.2) is 22.6 Å². The molecular formula is C13H18N4O2. The number of nitrogens with one attached hydrogen (secondary N) is 2. The maximum Gasteiger partial charge on any atom is 0.296 e. The van der Waals surface area contributed by atoms with Gasteiger partial charge in [0.05, 0.1) is 0 Å². The molecule has 6 heteroatoms. The van der Waals surface area contributed by atoms with E-state index in [0.29, 0.717) is 29.3 Å². The first-order valence-electron chi connectivity index (χ1n) is 6.30. The molecule has 6 nitrogen and oxygen atoms in total. The van der Waals surface area contributed by atoms with Crippen LogP contribution in [0, 0.1) is 0 Å². The van der Waals surface area contributed by atoms with E-state index in [1.807, 2.05) is 6.92 Å². The van der Waals surface area contributed by atoms with Gasteiger partial charge in [0.15, 0.2) is 5.58 Å². The summed E-state index contributed by atoms with van der Waals surface area (Å²) in [6.45, 7) is 4.42. The highest BCUT2D eigenvalue weighted by atomic mass is 16.4.